The molecular weight excluding hydrogens is 397 g/mol. The third kappa shape index (κ3) is 5.15. The van der Waals surface area contributed by atoms with Crippen LogP contribution in [0, 0.1) is 0 Å². The van der Waals surface area contributed by atoms with E-state index in [2.05, 4.69) is 34.9 Å². The van der Waals surface area contributed by atoms with Crippen LogP contribution in [-0.2, 0) is 24.1 Å². The van der Waals surface area contributed by atoms with Crippen LogP contribution in [0.2, 0.25) is 0 Å². The van der Waals surface area contributed by atoms with Gasteiger partial charge in [-0.25, -0.2) is 14.8 Å². The number of carbonyl (C=O) groups excluding carboxylic acids is 1. The first-order valence-corrected chi connectivity index (χ1v) is 7.96. The maximum Gasteiger partial charge on any atom is 0.471 e. The molecular formula is C16H13F3N6O4. The molecule has 0 spiro atoms. The average molecular weight is 410 g/mol. The van der Waals surface area contributed by atoms with Crippen molar-refractivity contribution in [3.8, 4) is 17.4 Å². The van der Waals surface area contributed by atoms with Gasteiger partial charge in [0.15, 0.2) is 0 Å². The number of hydrogen-bond donors (Lipinski definition) is 1. The number of carbonyl (C=O) groups is 1. The first kappa shape index (κ1) is 20.0. The lowest BCUT2D eigenvalue weighted by Gasteiger charge is -2.09. The van der Waals surface area contributed by atoms with E-state index in [1.54, 1.807) is 12.3 Å². The van der Waals surface area contributed by atoms with Crippen LogP contribution in [0.5, 0.6) is 5.75 Å². The molecule has 0 aliphatic carbocycles. The fraction of sp³-hybridized carbons (Fsp3) is 0.250. The molecule has 10 nitrogen and oxygen atoms in total. The van der Waals surface area contributed by atoms with Crippen molar-refractivity contribution in [2.24, 2.45) is 0 Å². The van der Waals surface area contributed by atoms with Gasteiger partial charge in [0.2, 0.25) is 11.6 Å². The lowest BCUT2D eigenvalue weighted by molar-refractivity contribution is -0.159. The van der Waals surface area contributed by atoms with Crippen molar-refractivity contribution < 1.29 is 32.0 Å². The number of rotatable bonds is 6. The fourth-order valence-corrected chi connectivity index (χ4v) is 2.08. The molecule has 13 heteroatoms. The number of pyridine rings is 1. The smallest absolute Gasteiger partial charge is 0.471 e. The molecule has 152 valence electrons. The lowest BCUT2D eigenvalue weighted by atomic mass is 10.3. The molecule has 1 N–H and O–H groups in total. The van der Waals surface area contributed by atoms with E-state index in [-0.39, 0.29) is 19.0 Å². The third-order valence-corrected chi connectivity index (χ3v) is 3.45. The molecule has 0 radical (unpaired) electrons. The number of alkyl carbamates (subject to hydrolysis) is 1. The zero-order chi connectivity index (χ0) is 20.9. The van der Waals surface area contributed by atoms with Crippen LogP contribution in [0.15, 0.2) is 35.4 Å². The highest BCUT2D eigenvalue weighted by atomic mass is 19.4. The van der Waals surface area contributed by atoms with Crippen molar-refractivity contribution in [2.45, 2.75) is 19.3 Å². The van der Waals surface area contributed by atoms with Crippen molar-refractivity contribution >= 4 is 6.09 Å². The second kappa shape index (κ2) is 8.50. The standard InChI is InChI=1S/C16H13F3N6O4/c1-27-11-2-3-20-7-10(11)8-28-15(26)23-6-9-4-21-12(22-5-9)13-24-14(29-25-13)16(17,18)19/h2-5,7H,6,8H2,1H3,(H,23,26). The Morgan fingerprint density at radius 3 is 2.62 bits per heavy atom. The maximum absolute atomic E-state index is 12.5. The van der Waals surface area contributed by atoms with Crippen LogP contribution in [0.25, 0.3) is 11.6 Å². The van der Waals surface area contributed by atoms with E-state index in [9.17, 15) is 18.0 Å². The van der Waals surface area contributed by atoms with Crippen LogP contribution >= 0.6 is 0 Å². The first-order chi connectivity index (χ1) is 13.9. The number of halogens is 3. The Morgan fingerprint density at radius 1 is 1.21 bits per heavy atom. The predicted molar refractivity (Wildman–Crippen MR) is 88.1 cm³/mol. The van der Waals surface area contributed by atoms with Crippen molar-refractivity contribution in [1.29, 1.82) is 0 Å². The van der Waals surface area contributed by atoms with Crippen molar-refractivity contribution in [3.05, 3.63) is 47.9 Å². The van der Waals surface area contributed by atoms with Gasteiger partial charge >= 0.3 is 18.2 Å². The van der Waals surface area contributed by atoms with Gasteiger partial charge in [0.05, 0.1) is 7.11 Å². The number of alkyl halides is 3. The number of nitrogens with zero attached hydrogens (tertiary/aromatic N) is 5. The molecule has 3 aromatic rings. The lowest BCUT2D eigenvalue weighted by Crippen LogP contribution is -2.23. The third-order valence-electron chi connectivity index (χ3n) is 3.45. The molecule has 0 aliphatic rings. The number of methoxy groups -OCH3 is 1. The Kier molecular flexibility index (Phi) is 5.85. The van der Waals surface area contributed by atoms with Gasteiger partial charge in [0.25, 0.3) is 0 Å². The molecule has 0 atom stereocenters. The SMILES string of the molecule is COc1ccncc1COC(=O)NCc1cnc(-c2noc(C(F)(F)F)n2)nc1. The summed E-state index contributed by atoms with van der Waals surface area (Å²) in [6.07, 6.45) is 0.209. The monoisotopic (exact) mass is 410 g/mol. The summed E-state index contributed by atoms with van der Waals surface area (Å²) in [6, 6.07) is 1.64. The Morgan fingerprint density at radius 2 is 1.97 bits per heavy atom. The van der Waals surface area contributed by atoms with Gasteiger partial charge in [-0.3, -0.25) is 4.98 Å². The Hall–Kier alpha value is -3.77. The minimum Gasteiger partial charge on any atom is -0.496 e. The molecule has 3 heterocycles. The zero-order valence-electron chi connectivity index (χ0n) is 14.8. The van der Waals surface area contributed by atoms with Gasteiger partial charge < -0.3 is 19.3 Å². The van der Waals surface area contributed by atoms with Gasteiger partial charge in [0.1, 0.15) is 12.4 Å². The largest absolute Gasteiger partial charge is 0.496 e. The molecule has 3 rings (SSSR count). The van der Waals surface area contributed by atoms with E-state index in [0.29, 0.717) is 16.9 Å². The van der Waals surface area contributed by atoms with Crippen LogP contribution < -0.4 is 10.1 Å². The molecule has 29 heavy (non-hydrogen) atoms. The van der Waals surface area contributed by atoms with Crippen molar-refractivity contribution in [2.75, 3.05) is 7.11 Å². The number of ether oxygens (including phenoxy) is 2. The number of nitrogens with one attached hydrogen (secondary N) is 1. The van der Waals surface area contributed by atoms with E-state index in [1.165, 1.54) is 25.7 Å². The molecule has 0 saturated heterocycles. The van der Waals surface area contributed by atoms with E-state index >= 15 is 0 Å². The number of hydrogen-bond acceptors (Lipinski definition) is 9. The zero-order valence-corrected chi connectivity index (χ0v) is 14.8. The maximum atomic E-state index is 12.5. The fourth-order valence-electron chi connectivity index (χ4n) is 2.08. The summed E-state index contributed by atoms with van der Waals surface area (Å²) in [4.78, 5) is 26.6. The van der Waals surface area contributed by atoms with Crippen LogP contribution in [0.3, 0.4) is 0 Å². The molecule has 0 aliphatic heterocycles. The molecule has 0 saturated carbocycles. The normalized spacial score (nSPS) is 11.2. The van der Waals surface area contributed by atoms with E-state index in [0.717, 1.165) is 0 Å². The summed E-state index contributed by atoms with van der Waals surface area (Å²) in [6.45, 7) is -0.0129. The molecule has 0 bridgehead atoms. The summed E-state index contributed by atoms with van der Waals surface area (Å²) in [5.74, 6) is -1.51. The van der Waals surface area contributed by atoms with Gasteiger partial charge in [0, 0.05) is 42.5 Å². The van der Waals surface area contributed by atoms with Crippen LogP contribution in [0.4, 0.5) is 18.0 Å². The van der Waals surface area contributed by atoms with Gasteiger partial charge in [-0.1, -0.05) is 5.16 Å². The van der Waals surface area contributed by atoms with Crippen LogP contribution in [0.1, 0.15) is 17.0 Å². The second-order valence-corrected chi connectivity index (χ2v) is 5.45. The van der Waals surface area contributed by atoms with Crippen molar-refractivity contribution in [3.63, 3.8) is 0 Å². The minimum absolute atomic E-state index is 0.0311. The number of aromatic nitrogens is 5. The summed E-state index contributed by atoms with van der Waals surface area (Å²) >= 11 is 0. The molecule has 0 fully saturated rings. The van der Waals surface area contributed by atoms with E-state index < -0.39 is 24.0 Å². The predicted octanol–water partition coefficient (Wildman–Crippen LogP) is 2.38. The van der Waals surface area contributed by atoms with Crippen LogP contribution in [-0.4, -0.2) is 38.3 Å². The average Bonchev–Trinajstić information content (AvgIpc) is 3.22. The number of amides is 1. The summed E-state index contributed by atoms with van der Waals surface area (Å²) in [5.41, 5.74) is 1.07. The van der Waals surface area contributed by atoms with E-state index in [1.807, 2.05) is 0 Å². The van der Waals surface area contributed by atoms with E-state index in [4.69, 9.17) is 9.47 Å². The highest BCUT2D eigenvalue weighted by molar-refractivity contribution is 5.67. The van der Waals surface area contributed by atoms with Gasteiger partial charge in [-0.05, 0) is 6.07 Å². The van der Waals surface area contributed by atoms with Gasteiger partial charge in [-0.15, -0.1) is 0 Å². The Bertz CT molecular complexity index is 977. The summed E-state index contributed by atoms with van der Waals surface area (Å²) in [5, 5.41) is 5.68. The summed E-state index contributed by atoms with van der Waals surface area (Å²) < 4.78 is 51.7. The second-order valence-electron chi connectivity index (χ2n) is 5.45. The molecule has 3 aromatic heterocycles. The Labute approximate surface area is 161 Å². The first-order valence-electron chi connectivity index (χ1n) is 7.96. The molecule has 0 unspecified atom stereocenters. The van der Waals surface area contributed by atoms with Gasteiger partial charge in [-0.2, -0.15) is 18.2 Å². The quantitative estimate of drug-likeness (QED) is 0.652. The highest BCUT2D eigenvalue weighted by Gasteiger charge is 2.38. The molecule has 1 amide bonds. The minimum atomic E-state index is -4.75. The topological polar surface area (TPSA) is 125 Å². The highest BCUT2D eigenvalue weighted by Crippen LogP contribution is 2.28. The summed E-state index contributed by atoms with van der Waals surface area (Å²) in [7, 11) is 1.49. The van der Waals surface area contributed by atoms with Crippen molar-refractivity contribution in [1.82, 2.24) is 30.4 Å². The molecule has 0 aromatic carbocycles. The Balaban J connectivity index is 1.52.